The molecule has 17 heavy (non-hydrogen) atoms. The van der Waals surface area contributed by atoms with E-state index in [4.69, 9.17) is 9.84 Å². The topological polar surface area (TPSA) is 46.5 Å². The molecular formula is C14H26O3. The fourth-order valence-corrected chi connectivity index (χ4v) is 1.64. The number of esters is 1. The molecule has 100 valence electrons. The summed E-state index contributed by atoms with van der Waals surface area (Å²) in [4.78, 5) is 11.6. The zero-order valence-electron chi connectivity index (χ0n) is 11.5. The van der Waals surface area contributed by atoms with Crippen LogP contribution in [0.25, 0.3) is 0 Å². The first-order valence-electron chi connectivity index (χ1n) is 6.54. The minimum atomic E-state index is -0.607. The molecule has 0 aromatic rings. The molecule has 0 aliphatic carbocycles. The van der Waals surface area contributed by atoms with E-state index in [1.807, 2.05) is 0 Å². The van der Waals surface area contributed by atoms with E-state index < -0.39 is 6.10 Å². The lowest BCUT2D eigenvalue weighted by Crippen LogP contribution is -2.15. The first-order valence-corrected chi connectivity index (χ1v) is 6.54. The van der Waals surface area contributed by atoms with Gasteiger partial charge in [0.2, 0.25) is 0 Å². The second kappa shape index (κ2) is 9.23. The molecule has 0 saturated heterocycles. The van der Waals surface area contributed by atoms with Crippen molar-refractivity contribution in [2.45, 2.75) is 59.5 Å². The van der Waals surface area contributed by atoms with Crippen LogP contribution in [0.2, 0.25) is 0 Å². The molecule has 3 nitrogen and oxygen atoms in total. The second-order valence-electron chi connectivity index (χ2n) is 4.61. The Morgan fingerprint density at radius 1 is 1.41 bits per heavy atom. The van der Waals surface area contributed by atoms with E-state index in [1.165, 1.54) is 18.9 Å². The first kappa shape index (κ1) is 16.2. The van der Waals surface area contributed by atoms with Crippen molar-refractivity contribution >= 4 is 5.97 Å². The van der Waals surface area contributed by atoms with Gasteiger partial charge in [0.15, 0.2) is 0 Å². The van der Waals surface area contributed by atoms with Crippen LogP contribution in [-0.2, 0) is 9.53 Å². The number of unbranched alkanes of at least 4 members (excludes halogenated alkanes) is 1. The van der Waals surface area contributed by atoms with Crippen LogP contribution in [0, 0.1) is 5.92 Å². The monoisotopic (exact) mass is 242 g/mol. The molecule has 0 amide bonds. The molecule has 0 spiro atoms. The van der Waals surface area contributed by atoms with Crippen LogP contribution >= 0.6 is 0 Å². The highest BCUT2D eigenvalue weighted by atomic mass is 16.5. The molecule has 0 radical (unpaired) electrons. The molecule has 0 bridgehead atoms. The summed E-state index contributed by atoms with van der Waals surface area (Å²) in [5.41, 5.74) is 0.477. The molecule has 0 aromatic carbocycles. The summed E-state index contributed by atoms with van der Waals surface area (Å²) >= 11 is 0. The summed E-state index contributed by atoms with van der Waals surface area (Å²) in [6, 6.07) is 0. The average molecular weight is 242 g/mol. The van der Waals surface area contributed by atoms with Gasteiger partial charge in [-0.2, -0.15) is 0 Å². The average Bonchev–Trinajstić information content (AvgIpc) is 2.28. The molecule has 0 aromatic heterocycles. The van der Waals surface area contributed by atoms with Gasteiger partial charge >= 0.3 is 5.97 Å². The van der Waals surface area contributed by atoms with Gasteiger partial charge in [-0.15, -0.1) is 0 Å². The van der Waals surface area contributed by atoms with Crippen molar-refractivity contribution in [1.82, 2.24) is 0 Å². The van der Waals surface area contributed by atoms with Crippen LogP contribution in [0.15, 0.2) is 11.6 Å². The van der Waals surface area contributed by atoms with E-state index in [1.54, 1.807) is 13.8 Å². The normalized spacial score (nSPS) is 15.5. The van der Waals surface area contributed by atoms with Crippen LogP contribution in [0.3, 0.4) is 0 Å². The Bertz CT molecular complexity index is 244. The fourth-order valence-electron chi connectivity index (χ4n) is 1.64. The summed E-state index contributed by atoms with van der Waals surface area (Å²) in [5.74, 6) is 0.138. The lowest BCUT2D eigenvalue weighted by Gasteiger charge is -2.14. The Morgan fingerprint density at radius 2 is 2.06 bits per heavy atom. The Morgan fingerprint density at radius 3 is 2.53 bits per heavy atom. The molecule has 0 aliphatic heterocycles. The summed E-state index contributed by atoms with van der Waals surface area (Å²) < 4.78 is 5.24. The lowest BCUT2D eigenvalue weighted by molar-refractivity contribution is -0.140. The SMILES string of the molecule is CCCCC(CC)COC(=O)C(C)=CC(C)O. The predicted molar refractivity (Wildman–Crippen MR) is 69.7 cm³/mol. The lowest BCUT2D eigenvalue weighted by atomic mass is 10.0. The maximum Gasteiger partial charge on any atom is 0.333 e. The third-order valence-corrected chi connectivity index (χ3v) is 2.81. The van der Waals surface area contributed by atoms with Gasteiger partial charge in [0.1, 0.15) is 0 Å². The molecule has 1 N–H and O–H groups in total. The number of ether oxygens (including phenoxy) is 1. The Balaban J connectivity index is 4.04. The van der Waals surface area contributed by atoms with Gasteiger partial charge in [0.05, 0.1) is 12.7 Å². The maximum absolute atomic E-state index is 11.6. The largest absolute Gasteiger partial charge is 0.462 e. The molecule has 3 heteroatoms. The van der Waals surface area contributed by atoms with Crippen molar-refractivity contribution in [2.24, 2.45) is 5.92 Å². The van der Waals surface area contributed by atoms with Crippen molar-refractivity contribution < 1.29 is 14.6 Å². The zero-order valence-corrected chi connectivity index (χ0v) is 11.5. The number of carbonyl (C=O) groups excluding carboxylic acids is 1. The van der Waals surface area contributed by atoms with Gasteiger partial charge < -0.3 is 9.84 Å². The van der Waals surface area contributed by atoms with Crippen molar-refractivity contribution in [2.75, 3.05) is 6.61 Å². The molecule has 0 aliphatic rings. The smallest absolute Gasteiger partial charge is 0.333 e. The number of aliphatic hydroxyl groups excluding tert-OH is 1. The van der Waals surface area contributed by atoms with E-state index in [0.717, 1.165) is 12.8 Å². The zero-order chi connectivity index (χ0) is 13.3. The van der Waals surface area contributed by atoms with Crippen LogP contribution in [-0.4, -0.2) is 23.8 Å². The highest BCUT2D eigenvalue weighted by Gasteiger charge is 2.11. The fraction of sp³-hybridized carbons (Fsp3) is 0.786. The molecular weight excluding hydrogens is 216 g/mol. The molecule has 0 saturated carbocycles. The summed E-state index contributed by atoms with van der Waals surface area (Å²) in [6.07, 6.45) is 5.40. The van der Waals surface area contributed by atoms with Crippen molar-refractivity contribution in [3.05, 3.63) is 11.6 Å². The molecule has 0 rings (SSSR count). The quantitative estimate of drug-likeness (QED) is 0.525. The molecule has 0 fully saturated rings. The standard InChI is InChI=1S/C14H26O3/c1-5-7-8-13(6-2)10-17-14(16)11(3)9-12(4)15/h9,12-13,15H,5-8,10H2,1-4H3. The van der Waals surface area contributed by atoms with Crippen LogP contribution in [0.5, 0.6) is 0 Å². The third-order valence-electron chi connectivity index (χ3n) is 2.81. The van der Waals surface area contributed by atoms with Crippen LogP contribution < -0.4 is 0 Å². The Labute approximate surface area is 105 Å². The second-order valence-corrected chi connectivity index (χ2v) is 4.61. The minimum absolute atomic E-state index is 0.319. The number of rotatable bonds is 8. The highest BCUT2D eigenvalue weighted by Crippen LogP contribution is 2.13. The Kier molecular flexibility index (Phi) is 8.78. The van der Waals surface area contributed by atoms with Gasteiger partial charge in [0.25, 0.3) is 0 Å². The van der Waals surface area contributed by atoms with Gasteiger partial charge in [-0.3, -0.25) is 0 Å². The predicted octanol–water partition coefficient (Wildman–Crippen LogP) is 3.07. The van der Waals surface area contributed by atoms with E-state index >= 15 is 0 Å². The number of hydrogen-bond donors (Lipinski definition) is 1. The number of hydrogen-bond acceptors (Lipinski definition) is 3. The highest BCUT2D eigenvalue weighted by molar-refractivity contribution is 5.87. The van der Waals surface area contributed by atoms with Crippen molar-refractivity contribution in [3.8, 4) is 0 Å². The van der Waals surface area contributed by atoms with Crippen molar-refractivity contribution in [3.63, 3.8) is 0 Å². The van der Waals surface area contributed by atoms with Gasteiger partial charge in [-0.1, -0.05) is 33.1 Å². The minimum Gasteiger partial charge on any atom is -0.462 e. The third kappa shape index (κ3) is 7.97. The number of aliphatic hydroxyl groups is 1. The van der Waals surface area contributed by atoms with Crippen molar-refractivity contribution in [1.29, 1.82) is 0 Å². The maximum atomic E-state index is 11.6. The summed E-state index contributed by atoms with van der Waals surface area (Å²) in [5, 5.41) is 9.13. The van der Waals surface area contributed by atoms with E-state index in [9.17, 15) is 4.79 Å². The van der Waals surface area contributed by atoms with Gasteiger partial charge in [-0.25, -0.2) is 4.79 Å². The van der Waals surface area contributed by atoms with E-state index in [0.29, 0.717) is 18.1 Å². The summed E-state index contributed by atoms with van der Waals surface area (Å²) in [7, 11) is 0. The van der Waals surface area contributed by atoms with Crippen LogP contribution in [0.4, 0.5) is 0 Å². The molecule has 2 unspecified atom stereocenters. The summed E-state index contributed by atoms with van der Waals surface area (Å²) in [6.45, 7) is 8.05. The van der Waals surface area contributed by atoms with Crippen LogP contribution in [0.1, 0.15) is 53.4 Å². The molecule has 0 heterocycles. The molecule has 2 atom stereocenters. The van der Waals surface area contributed by atoms with E-state index in [2.05, 4.69) is 13.8 Å². The Hall–Kier alpha value is -0.830. The van der Waals surface area contributed by atoms with E-state index in [-0.39, 0.29) is 5.97 Å². The number of carbonyl (C=O) groups is 1. The van der Waals surface area contributed by atoms with Gasteiger partial charge in [0, 0.05) is 5.57 Å². The first-order chi connectivity index (χ1) is 8.01. The van der Waals surface area contributed by atoms with Gasteiger partial charge in [-0.05, 0) is 32.3 Å².